The maximum absolute atomic E-state index is 12.2. The first-order valence-corrected chi connectivity index (χ1v) is 6.83. The second-order valence-corrected chi connectivity index (χ2v) is 5.14. The zero-order valence-electron chi connectivity index (χ0n) is 12.1. The molecule has 5 nitrogen and oxygen atoms in total. The first kappa shape index (κ1) is 15.4. The fraction of sp³-hybridized carbons (Fsp3) is 0.923. The molecule has 1 rings (SSSR count). The monoisotopic (exact) mass is 257 g/mol. The van der Waals surface area contributed by atoms with Gasteiger partial charge in [0.25, 0.3) is 0 Å². The third-order valence-corrected chi connectivity index (χ3v) is 3.31. The Labute approximate surface area is 110 Å². The SMILES string of the molecule is CC(C)OCCN(C)C(=O)C(C)N1CCNCC1. The molecular weight excluding hydrogens is 230 g/mol. The quantitative estimate of drug-likeness (QED) is 0.736. The van der Waals surface area contributed by atoms with Crippen molar-refractivity contribution >= 4 is 5.91 Å². The molecule has 1 N–H and O–H groups in total. The number of hydrogen-bond donors (Lipinski definition) is 1. The number of nitrogens with one attached hydrogen (secondary N) is 1. The molecule has 0 radical (unpaired) electrons. The summed E-state index contributed by atoms with van der Waals surface area (Å²) < 4.78 is 5.47. The molecular formula is C13H27N3O2. The zero-order chi connectivity index (χ0) is 13.5. The molecule has 1 fully saturated rings. The highest BCUT2D eigenvalue weighted by molar-refractivity contribution is 5.81. The molecule has 1 unspecified atom stereocenters. The average molecular weight is 257 g/mol. The molecule has 1 atom stereocenters. The topological polar surface area (TPSA) is 44.8 Å². The standard InChI is InChI=1S/C13H27N3O2/c1-11(2)18-10-9-15(4)13(17)12(3)16-7-5-14-6-8-16/h11-12,14H,5-10H2,1-4H3. The van der Waals surface area contributed by atoms with Gasteiger partial charge in [-0.05, 0) is 20.8 Å². The van der Waals surface area contributed by atoms with Gasteiger partial charge >= 0.3 is 0 Å². The number of hydrogen-bond acceptors (Lipinski definition) is 4. The predicted octanol–water partition coefficient (Wildman–Crippen LogP) is 0.164. The average Bonchev–Trinajstić information content (AvgIpc) is 2.37. The maximum atomic E-state index is 12.2. The van der Waals surface area contributed by atoms with Gasteiger partial charge in [0.05, 0.1) is 18.8 Å². The van der Waals surface area contributed by atoms with Gasteiger partial charge in [0.2, 0.25) is 5.91 Å². The van der Waals surface area contributed by atoms with Crippen LogP contribution in [0.15, 0.2) is 0 Å². The molecule has 0 spiro atoms. The van der Waals surface area contributed by atoms with Crippen LogP contribution in [0.3, 0.4) is 0 Å². The van der Waals surface area contributed by atoms with E-state index in [4.69, 9.17) is 4.74 Å². The maximum Gasteiger partial charge on any atom is 0.239 e. The molecule has 1 aliphatic heterocycles. The van der Waals surface area contributed by atoms with Crippen molar-refractivity contribution in [2.24, 2.45) is 0 Å². The van der Waals surface area contributed by atoms with E-state index in [1.165, 1.54) is 0 Å². The van der Waals surface area contributed by atoms with Crippen LogP contribution in [0.5, 0.6) is 0 Å². The van der Waals surface area contributed by atoms with Crippen molar-refractivity contribution in [3.63, 3.8) is 0 Å². The van der Waals surface area contributed by atoms with Crippen LogP contribution >= 0.6 is 0 Å². The zero-order valence-corrected chi connectivity index (χ0v) is 12.1. The first-order valence-electron chi connectivity index (χ1n) is 6.83. The van der Waals surface area contributed by atoms with Crippen molar-refractivity contribution in [3.05, 3.63) is 0 Å². The Hall–Kier alpha value is -0.650. The van der Waals surface area contributed by atoms with Crippen LogP contribution < -0.4 is 5.32 Å². The Morgan fingerprint density at radius 1 is 1.33 bits per heavy atom. The number of amides is 1. The summed E-state index contributed by atoms with van der Waals surface area (Å²) in [4.78, 5) is 16.2. The normalized spacial score (nSPS) is 18.9. The van der Waals surface area contributed by atoms with E-state index < -0.39 is 0 Å². The predicted molar refractivity (Wildman–Crippen MR) is 72.6 cm³/mol. The molecule has 106 valence electrons. The highest BCUT2D eigenvalue weighted by Crippen LogP contribution is 2.04. The van der Waals surface area contributed by atoms with Crippen LogP contribution in [-0.4, -0.2) is 74.2 Å². The fourth-order valence-electron chi connectivity index (χ4n) is 2.08. The molecule has 1 amide bonds. The lowest BCUT2D eigenvalue weighted by Crippen LogP contribution is -2.53. The summed E-state index contributed by atoms with van der Waals surface area (Å²) in [6, 6.07) is -0.0313. The second-order valence-electron chi connectivity index (χ2n) is 5.14. The molecule has 1 heterocycles. The number of piperazine rings is 1. The van der Waals surface area contributed by atoms with Crippen molar-refractivity contribution in [2.45, 2.75) is 32.9 Å². The van der Waals surface area contributed by atoms with Crippen LogP contribution in [0.4, 0.5) is 0 Å². The van der Waals surface area contributed by atoms with Gasteiger partial charge in [-0.1, -0.05) is 0 Å². The summed E-state index contributed by atoms with van der Waals surface area (Å²) in [5.41, 5.74) is 0. The van der Waals surface area contributed by atoms with Crippen LogP contribution in [0, 0.1) is 0 Å². The van der Waals surface area contributed by atoms with Gasteiger partial charge in [0, 0.05) is 39.8 Å². The Bertz CT molecular complexity index is 253. The molecule has 0 aromatic carbocycles. The highest BCUT2D eigenvalue weighted by atomic mass is 16.5. The minimum atomic E-state index is -0.0313. The van der Waals surface area contributed by atoms with Crippen molar-refractivity contribution in [1.82, 2.24) is 15.1 Å². The minimum absolute atomic E-state index is 0.0313. The number of nitrogens with zero attached hydrogens (tertiary/aromatic N) is 2. The van der Waals surface area contributed by atoms with Crippen LogP contribution in [0.2, 0.25) is 0 Å². The third kappa shape index (κ3) is 4.92. The highest BCUT2D eigenvalue weighted by Gasteiger charge is 2.24. The summed E-state index contributed by atoms with van der Waals surface area (Å²) in [5, 5.41) is 3.30. The van der Waals surface area contributed by atoms with E-state index in [0.29, 0.717) is 13.2 Å². The molecule has 18 heavy (non-hydrogen) atoms. The number of carbonyl (C=O) groups excluding carboxylic acids is 1. The Morgan fingerprint density at radius 3 is 2.50 bits per heavy atom. The number of rotatable bonds is 6. The summed E-state index contributed by atoms with van der Waals surface area (Å²) in [7, 11) is 1.85. The lowest BCUT2D eigenvalue weighted by Gasteiger charge is -2.34. The van der Waals surface area contributed by atoms with Crippen LogP contribution in [0.1, 0.15) is 20.8 Å². The molecule has 1 saturated heterocycles. The van der Waals surface area contributed by atoms with Crippen LogP contribution in [0.25, 0.3) is 0 Å². The minimum Gasteiger partial charge on any atom is -0.377 e. The molecule has 0 aliphatic carbocycles. The van der Waals surface area contributed by atoms with Gasteiger partial charge < -0.3 is 15.0 Å². The second kappa shape index (κ2) is 7.71. The van der Waals surface area contributed by atoms with Gasteiger partial charge in [0.1, 0.15) is 0 Å². The van der Waals surface area contributed by atoms with E-state index in [-0.39, 0.29) is 18.1 Å². The Morgan fingerprint density at radius 2 is 1.94 bits per heavy atom. The lowest BCUT2D eigenvalue weighted by molar-refractivity contribution is -0.136. The number of likely N-dealkylation sites (N-methyl/N-ethyl adjacent to an activating group) is 1. The van der Waals surface area contributed by atoms with Gasteiger partial charge in [-0.25, -0.2) is 0 Å². The van der Waals surface area contributed by atoms with Gasteiger partial charge in [-0.3, -0.25) is 9.69 Å². The lowest BCUT2D eigenvalue weighted by atomic mass is 10.2. The van der Waals surface area contributed by atoms with Gasteiger partial charge in [0.15, 0.2) is 0 Å². The number of carbonyl (C=O) groups is 1. The van der Waals surface area contributed by atoms with E-state index in [9.17, 15) is 4.79 Å². The van der Waals surface area contributed by atoms with E-state index in [2.05, 4.69) is 10.2 Å². The summed E-state index contributed by atoms with van der Waals surface area (Å²) in [6.45, 7) is 11.1. The Kier molecular flexibility index (Phi) is 6.60. The van der Waals surface area contributed by atoms with Crippen molar-refractivity contribution in [1.29, 1.82) is 0 Å². The van der Waals surface area contributed by atoms with Gasteiger partial charge in [-0.2, -0.15) is 0 Å². The smallest absolute Gasteiger partial charge is 0.239 e. The number of ether oxygens (including phenoxy) is 1. The molecule has 0 aromatic rings. The first-order chi connectivity index (χ1) is 8.52. The van der Waals surface area contributed by atoms with E-state index >= 15 is 0 Å². The van der Waals surface area contributed by atoms with E-state index in [1.807, 2.05) is 27.8 Å². The summed E-state index contributed by atoms with van der Waals surface area (Å²) in [6.07, 6.45) is 0.221. The summed E-state index contributed by atoms with van der Waals surface area (Å²) >= 11 is 0. The van der Waals surface area contributed by atoms with Crippen molar-refractivity contribution in [2.75, 3.05) is 46.4 Å². The van der Waals surface area contributed by atoms with E-state index in [0.717, 1.165) is 26.2 Å². The van der Waals surface area contributed by atoms with Crippen LogP contribution in [-0.2, 0) is 9.53 Å². The molecule has 0 bridgehead atoms. The van der Waals surface area contributed by atoms with E-state index in [1.54, 1.807) is 4.90 Å². The molecule has 1 aliphatic rings. The summed E-state index contributed by atoms with van der Waals surface area (Å²) in [5.74, 6) is 0.184. The van der Waals surface area contributed by atoms with Gasteiger partial charge in [-0.15, -0.1) is 0 Å². The fourth-order valence-corrected chi connectivity index (χ4v) is 2.08. The Balaban J connectivity index is 2.32. The van der Waals surface area contributed by atoms with Crippen molar-refractivity contribution in [3.8, 4) is 0 Å². The van der Waals surface area contributed by atoms with Crippen molar-refractivity contribution < 1.29 is 9.53 Å². The molecule has 0 saturated carbocycles. The molecule has 5 heteroatoms. The molecule has 0 aromatic heterocycles. The third-order valence-electron chi connectivity index (χ3n) is 3.31. The largest absolute Gasteiger partial charge is 0.377 e.